The molecule has 0 saturated carbocycles. The van der Waals surface area contributed by atoms with Gasteiger partial charge in [0.25, 0.3) is 0 Å². The van der Waals surface area contributed by atoms with Crippen molar-refractivity contribution in [3.05, 3.63) is 52.0 Å². The van der Waals surface area contributed by atoms with Crippen LogP contribution in [0.15, 0.2) is 30.6 Å². The average molecular weight is 310 g/mol. The Morgan fingerprint density at radius 1 is 1.35 bits per heavy atom. The number of aromatic amines is 1. The van der Waals surface area contributed by atoms with E-state index in [1.54, 1.807) is 30.6 Å². The quantitative estimate of drug-likeness (QED) is 0.696. The SMILES string of the molecule is CN(C)C(=C(C=O)c1ncc[nH]1)c1ccc(Cl)cc1Cl. The molecule has 0 aliphatic rings. The van der Waals surface area contributed by atoms with Crippen LogP contribution in [-0.4, -0.2) is 35.2 Å². The number of hydrogen-bond acceptors (Lipinski definition) is 3. The van der Waals surface area contributed by atoms with Gasteiger partial charge in [0.05, 0.1) is 16.3 Å². The van der Waals surface area contributed by atoms with Gasteiger partial charge in [-0.15, -0.1) is 0 Å². The van der Waals surface area contributed by atoms with Gasteiger partial charge in [-0.05, 0) is 18.2 Å². The van der Waals surface area contributed by atoms with Crippen LogP contribution < -0.4 is 0 Å². The first-order chi connectivity index (χ1) is 9.54. The zero-order chi connectivity index (χ0) is 14.7. The zero-order valence-corrected chi connectivity index (χ0v) is 12.5. The smallest absolute Gasteiger partial charge is 0.155 e. The molecule has 2 rings (SSSR count). The number of carbonyl (C=O) groups is 1. The van der Waals surface area contributed by atoms with Crippen molar-refractivity contribution in [2.45, 2.75) is 0 Å². The number of nitrogens with zero attached hydrogens (tertiary/aromatic N) is 2. The Morgan fingerprint density at radius 3 is 2.60 bits per heavy atom. The van der Waals surface area contributed by atoms with E-state index in [0.717, 1.165) is 11.8 Å². The third-order valence-electron chi connectivity index (χ3n) is 2.76. The van der Waals surface area contributed by atoms with Crippen molar-refractivity contribution < 1.29 is 4.79 Å². The second-order valence-electron chi connectivity index (χ2n) is 4.34. The summed E-state index contributed by atoms with van der Waals surface area (Å²) in [6.07, 6.45) is 4.02. The summed E-state index contributed by atoms with van der Waals surface area (Å²) in [4.78, 5) is 20.4. The monoisotopic (exact) mass is 309 g/mol. The topological polar surface area (TPSA) is 49.0 Å². The summed E-state index contributed by atoms with van der Waals surface area (Å²) >= 11 is 12.2. The summed E-state index contributed by atoms with van der Waals surface area (Å²) in [5.41, 5.74) is 1.83. The number of imidazole rings is 1. The lowest BCUT2D eigenvalue weighted by Gasteiger charge is -2.20. The molecular formula is C14H13Cl2N3O. The molecule has 1 aromatic heterocycles. The fraction of sp³-hybridized carbons (Fsp3) is 0.143. The van der Waals surface area contributed by atoms with Gasteiger partial charge in [0.15, 0.2) is 6.29 Å². The lowest BCUT2D eigenvalue weighted by Crippen LogP contribution is -2.14. The van der Waals surface area contributed by atoms with E-state index < -0.39 is 0 Å². The molecule has 0 fully saturated rings. The van der Waals surface area contributed by atoms with E-state index in [1.807, 2.05) is 19.0 Å². The molecule has 4 nitrogen and oxygen atoms in total. The number of nitrogens with one attached hydrogen (secondary N) is 1. The fourth-order valence-corrected chi connectivity index (χ4v) is 2.44. The summed E-state index contributed by atoms with van der Waals surface area (Å²) < 4.78 is 0. The van der Waals surface area contributed by atoms with Gasteiger partial charge in [-0.3, -0.25) is 4.79 Å². The van der Waals surface area contributed by atoms with E-state index in [0.29, 0.717) is 27.1 Å². The van der Waals surface area contributed by atoms with E-state index in [-0.39, 0.29) is 0 Å². The van der Waals surface area contributed by atoms with Gasteiger partial charge in [0, 0.05) is 37.1 Å². The number of H-pyrrole nitrogens is 1. The third-order valence-corrected chi connectivity index (χ3v) is 3.31. The number of hydrogen-bond donors (Lipinski definition) is 1. The average Bonchev–Trinajstić information content (AvgIpc) is 2.90. The van der Waals surface area contributed by atoms with E-state index in [9.17, 15) is 4.79 Å². The Labute approximate surface area is 127 Å². The molecular weight excluding hydrogens is 297 g/mol. The number of allylic oxidation sites excluding steroid dienone is 1. The largest absolute Gasteiger partial charge is 0.376 e. The molecule has 0 radical (unpaired) electrons. The number of benzene rings is 1. The van der Waals surface area contributed by atoms with Crippen molar-refractivity contribution in [3.8, 4) is 0 Å². The van der Waals surface area contributed by atoms with Crippen molar-refractivity contribution in [3.63, 3.8) is 0 Å². The summed E-state index contributed by atoms with van der Waals surface area (Å²) in [5, 5.41) is 1.02. The fourth-order valence-electron chi connectivity index (χ4n) is 1.94. The Morgan fingerprint density at radius 2 is 2.10 bits per heavy atom. The number of aromatic nitrogens is 2. The number of aldehydes is 1. The molecule has 6 heteroatoms. The molecule has 0 saturated heterocycles. The van der Waals surface area contributed by atoms with E-state index in [1.165, 1.54) is 0 Å². The molecule has 20 heavy (non-hydrogen) atoms. The minimum absolute atomic E-state index is 0.434. The Bertz CT molecular complexity index is 648. The summed E-state index contributed by atoms with van der Waals surface area (Å²) in [5.74, 6) is 0.495. The van der Waals surface area contributed by atoms with Crippen LogP contribution in [0.2, 0.25) is 10.0 Å². The highest BCUT2D eigenvalue weighted by Crippen LogP contribution is 2.32. The molecule has 1 N–H and O–H groups in total. The molecule has 0 atom stereocenters. The first-order valence-electron chi connectivity index (χ1n) is 5.86. The number of rotatable bonds is 4. The maximum Gasteiger partial charge on any atom is 0.155 e. The van der Waals surface area contributed by atoms with Crippen LogP contribution in [0.4, 0.5) is 0 Å². The van der Waals surface area contributed by atoms with Gasteiger partial charge in [-0.2, -0.15) is 0 Å². The molecule has 0 amide bonds. The molecule has 1 heterocycles. The molecule has 1 aromatic carbocycles. The molecule has 0 spiro atoms. The molecule has 0 unspecified atom stereocenters. The maximum atomic E-state index is 11.5. The summed E-state index contributed by atoms with van der Waals surface area (Å²) in [6, 6.07) is 5.16. The minimum atomic E-state index is 0.434. The molecule has 0 aliphatic heterocycles. The van der Waals surface area contributed by atoms with E-state index in [2.05, 4.69) is 9.97 Å². The van der Waals surface area contributed by atoms with Crippen molar-refractivity contribution >= 4 is 40.8 Å². The highest BCUT2D eigenvalue weighted by Gasteiger charge is 2.17. The van der Waals surface area contributed by atoms with Crippen molar-refractivity contribution in [1.29, 1.82) is 0 Å². The van der Waals surface area contributed by atoms with Crippen LogP contribution in [0.5, 0.6) is 0 Å². The lowest BCUT2D eigenvalue weighted by molar-refractivity contribution is -0.103. The van der Waals surface area contributed by atoms with Gasteiger partial charge < -0.3 is 9.88 Å². The van der Waals surface area contributed by atoms with Crippen LogP contribution >= 0.6 is 23.2 Å². The van der Waals surface area contributed by atoms with Crippen LogP contribution in [0, 0.1) is 0 Å². The van der Waals surface area contributed by atoms with Gasteiger partial charge in [0.2, 0.25) is 0 Å². The second kappa shape index (κ2) is 6.11. The number of carbonyl (C=O) groups excluding carboxylic acids is 1. The standard InChI is InChI=1S/C14H13Cl2N3O/c1-19(2)13(10-4-3-9(15)7-12(10)16)11(8-20)14-17-5-6-18-14/h3-8H,1-2H3,(H,17,18). The van der Waals surface area contributed by atoms with Crippen LogP contribution in [0.25, 0.3) is 11.3 Å². The Balaban J connectivity index is 2.69. The maximum absolute atomic E-state index is 11.5. The van der Waals surface area contributed by atoms with Gasteiger partial charge >= 0.3 is 0 Å². The highest BCUT2D eigenvalue weighted by atomic mass is 35.5. The van der Waals surface area contributed by atoms with E-state index >= 15 is 0 Å². The molecule has 0 aliphatic carbocycles. The minimum Gasteiger partial charge on any atom is -0.376 e. The number of halogens is 2. The Kier molecular flexibility index (Phi) is 4.47. The molecule has 104 valence electrons. The predicted molar refractivity (Wildman–Crippen MR) is 81.6 cm³/mol. The van der Waals surface area contributed by atoms with Gasteiger partial charge in [0.1, 0.15) is 5.82 Å². The third kappa shape index (κ3) is 2.86. The van der Waals surface area contributed by atoms with Gasteiger partial charge in [-0.25, -0.2) is 4.98 Å². The summed E-state index contributed by atoms with van der Waals surface area (Å²) in [6.45, 7) is 0. The van der Waals surface area contributed by atoms with Crippen molar-refractivity contribution in [2.24, 2.45) is 0 Å². The first kappa shape index (κ1) is 14.6. The van der Waals surface area contributed by atoms with Crippen molar-refractivity contribution in [1.82, 2.24) is 14.9 Å². The van der Waals surface area contributed by atoms with Crippen LogP contribution in [0.3, 0.4) is 0 Å². The Hall–Kier alpha value is -1.78. The normalized spacial score (nSPS) is 12.0. The lowest BCUT2D eigenvalue weighted by atomic mass is 10.1. The highest BCUT2D eigenvalue weighted by molar-refractivity contribution is 6.36. The predicted octanol–water partition coefficient (Wildman–Crippen LogP) is 3.35. The zero-order valence-electron chi connectivity index (χ0n) is 11.0. The molecule has 2 aromatic rings. The second-order valence-corrected chi connectivity index (χ2v) is 5.18. The van der Waals surface area contributed by atoms with Gasteiger partial charge in [-0.1, -0.05) is 23.2 Å². The van der Waals surface area contributed by atoms with Crippen molar-refractivity contribution in [2.75, 3.05) is 14.1 Å². The first-order valence-corrected chi connectivity index (χ1v) is 6.62. The van der Waals surface area contributed by atoms with Crippen LogP contribution in [0.1, 0.15) is 11.4 Å². The molecule has 0 bridgehead atoms. The van der Waals surface area contributed by atoms with Crippen LogP contribution in [-0.2, 0) is 4.79 Å². The van der Waals surface area contributed by atoms with E-state index in [4.69, 9.17) is 23.2 Å². The summed E-state index contributed by atoms with van der Waals surface area (Å²) in [7, 11) is 3.68.